The van der Waals surface area contributed by atoms with Crippen LogP contribution < -0.4 is 5.14 Å². The minimum atomic E-state index is -3.64. The molecule has 1 rings (SSSR count). The number of carbonyl (C=O) groups excluding carboxylic acids is 1. The van der Waals surface area contributed by atoms with E-state index in [1.807, 2.05) is 0 Å². The van der Waals surface area contributed by atoms with Crippen molar-refractivity contribution in [3.05, 3.63) is 35.9 Å². The van der Waals surface area contributed by atoms with Gasteiger partial charge in [0.2, 0.25) is 10.0 Å². The van der Waals surface area contributed by atoms with Crippen LogP contribution in [0, 0.1) is 0 Å². The van der Waals surface area contributed by atoms with E-state index in [-0.39, 0.29) is 5.75 Å². The number of nitrogens with two attached hydrogens (primary N) is 1. The molecule has 0 radical (unpaired) electrons. The third kappa shape index (κ3) is 4.97. The average Bonchev–Trinajstić information content (AvgIpc) is 2.27. The lowest BCUT2D eigenvalue weighted by Gasteiger charge is -2.14. The maximum Gasteiger partial charge on any atom is 0.338 e. The van der Waals surface area contributed by atoms with Crippen LogP contribution in [0.2, 0.25) is 0 Å². The molecule has 94 valence electrons. The van der Waals surface area contributed by atoms with Crippen molar-refractivity contribution in [2.45, 2.75) is 19.4 Å². The molecule has 1 aromatic carbocycles. The molecule has 1 atom stereocenters. The number of ether oxygens (including phenoxy) is 1. The van der Waals surface area contributed by atoms with Crippen LogP contribution in [0.5, 0.6) is 0 Å². The topological polar surface area (TPSA) is 86.5 Å². The zero-order valence-corrected chi connectivity index (χ0v) is 10.3. The van der Waals surface area contributed by atoms with E-state index in [1.54, 1.807) is 37.3 Å². The fourth-order valence-electron chi connectivity index (χ4n) is 1.29. The lowest BCUT2D eigenvalue weighted by atomic mass is 10.2. The Labute approximate surface area is 101 Å². The highest BCUT2D eigenvalue weighted by Crippen LogP contribution is 2.07. The molecule has 0 saturated carbocycles. The predicted octanol–water partition coefficient (Wildman–Crippen LogP) is 0.910. The highest BCUT2D eigenvalue weighted by Gasteiger charge is 2.19. The number of primary sulfonamides is 1. The number of carbonyl (C=O) groups is 1. The molecule has 17 heavy (non-hydrogen) atoms. The van der Waals surface area contributed by atoms with Crippen LogP contribution >= 0.6 is 0 Å². The highest BCUT2D eigenvalue weighted by atomic mass is 32.2. The van der Waals surface area contributed by atoms with Crippen molar-refractivity contribution >= 4 is 16.0 Å². The second-order valence-electron chi connectivity index (χ2n) is 3.63. The Morgan fingerprint density at radius 1 is 1.35 bits per heavy atom. The first kappa shape index (κ1) is 13.7. The number of esters is 1. The van der Waals surface area contributed by atoms with Gasteiger partial charge in [-0.05, 0) is 18.6 Å². The molecule has 0 fully saturated rings. The molecular formula is C11H15NO4S. The third-order valence-electron chi connectivity index (χ3n) is 2.16. The molecule has 5 nitrogen and oxygen atoms in total. The first-order chi connectivity index (χ1) is 7.92. The second-order valence-corrected chi connectivity index (χ2v) is 5.29. The van der Waals surface area contributed by atoms with Gasteiger partial charge in [-0.2, -0.15) is 0 Å². The molecule has 1 aromatic rings. The molecule has 2 N–H and O–H groups in total. The van der Waals surface area contributed by atoms with Gasteiger partial charge in [0.15, 0.2) is 0 Å². The zero-order chi connectivity index (χ0) is 12.9. The first-order valence-corrected chi connectivity index (χ1v) is 6.90. The molecule has 1 unspecified atom stereocenters. The zero-order valence-electron chi connectivity index (χ0n) is 9.50. The summed E-state index contributed by atoms with van der Waals surface area (Å²) in [5.41, 5.74) is 0.389. The largest absolute Gasteiger partial charge is 0.458 e. The van der Waals surface area contributed by atoms with Crippen LogP contribution in [-0.4, -0.2) is 26.2 Å². The van der Waals surface area contributed by atoms with Crippen molar-refractivity contribution in [3.63, 3.8) is 0 Å². The first-order valence-electron chi connectivity index (χ1n) is 5.19. The Hall–Kier alpha value is -1.40. The van der Waals surface area contributed by atoms with Gasteiger partial charge in [0.25, 0.3) is 0 Å². The van der Waals surface area contributed by atoms with E-state index in [4.69, 9.17) is 9.88 Å². The number of sulfonamides is 1. The van der Waals surface area contributed by atoms with Crippen molar-refractivity contribution < 1.29 is 17.9 Å². The molecule has 0 aromatic heterocycles. The predicted molar refractivity (Wildman–Crippen MR) is 63.9 cm³/mol. The normalized spacial score (nSPS) is 13.1. The number of hydrogen-bond acceptors (Lipinski definition) is 4. The Balaban J connectivity index is 2.67. The van der Waals surface area contributed by atoms with Crippen molar-refractivity contribution in [1.82, 2.24) is 0 Å². The molecule has 0 aliphatic rings. The van der Waals surface area contributed by atoms with Gasteiger partial charge in [-0.25, -0.2) is 18.4 Å². The summed E-state index contributed by atoms with van der Waals surface area (Å²) < 4.78 is 26.9. The van der Waals surface area contributed by atoms with E-state index in [2.05, 4.69) is 0 Å². The summed E-state index contributed by atoms with van der Waals surface area (Å²) in [6.07, 6.45) is -0.313. The van der Waals surface area contributed by atoms with Gasteiger partial charge in [0.1, 0.15) is 11.9 Å². The van der Waals surface area contributed by atoms with Gasteiger partial charge >= 0.3 is 5.97 Å². The molecule has 0 spiro atoms. The molecule has 0 bridgehead atoms. The number of hydrogen-bond donors (Lipinski definition) is 1. The van der Waals surface area contributed by atoms with Crippen LogP contribution in [0.1, 0.15) is 23.7 Å². The fraction of sp³-hybridized carbons (Fsp3) is 0.364. The Kier molecular flexibility index (Phi) is 4.65. The molecule has 0 saturated heterocycles. The molecule has 6 heteroatoms. The Morgan fingerprint density at radius 3 is 2.41 bits per heavy atom. The van der Waals surface area contributed by atoms with E-state index in [0.717, 1.165) is 0 Å². The van der Waals surface area contributed by atoms with Gasteiger partial charge in [-0.15, -0.1) is 0 Å². The van der Waals surface area contributed by atoms with Crippen molar-refractivity contribution in [2.75, 3.05) is 5.75 Å². The molecule has 0 amide bonds. The highest BCUT2D eigenvalue weighted by molar-refractivity contribution is 7.89. The minimum Gasteiger partial charge on any atom is -0.458 e. The molecule has 0 aliphatic carbocycles. The Bertz CT molecular complexity index is 470. The quantitative estimate of drug-likeness (QED) is 0.794. The van der Waals surface area contributed by atoms with E-state index in [1.165, 1.54) is 0 Å². The third-order valence-corrected chi connectivity index (χ3v) is 2.99. The summed E-state index contributed by atoms with van der Waals surface area (Å²) in [4.78, 5) is 11.6. The summed E-state index contributed by atoms with van der Waals surface area (Å²) in [5, 5.41) is 4.91. The van der Waals surface area contributed by atoms with E-state index in [0.29, 0.717) is 12.0 Å². The van der Waals surface area contributed by atoms with Gasteiger partial charge in [-0.3, -0.25) is 0 Å². The van der Waals surface area contributed by atoms with Crippen LogP contribution in [0.3, 0.4) is 0 Å². The lowest BCUT2D eigenvalue weighted by molar-refractivity contribution is 0.0341. The maximum absolute atomic E-state index is 11.6. The lowest BCUT2D eigenvalue weighted by Crippen LogP contribution is -2.30. The van der Waals surface area contributed by atoms with Gasteiger partial charge in [0.05, 0.1) is 5.56 Å². The van der Waals surface area contributed by atoms with Crippen LogP contribution in [-0.2, 0) is 14.8 Å². The smallest absolute Gasteiger partial charge is 0.338 e. The summed E-state index contributed by atoms with van der Waals surface area (Å²) in [7, 11) is -3.64. The monoisotopic (exact) mass is 257 g/mol. The van der Waals surface area contributed by atoms with E-state index in [9.17, 15) is 13.2 Å². The van der Waals surface area contributed by atoms with E-state index < -0.39 is 22.1 Å². The maximum atomic E-state index is 11.6. The van der Waals surface area contributed by atoms with Crippen LogP contribution in [0.25, 0.3) is 0 Å². The average molecular weight is 257 g/mol. The van der Waals surface area contributed by atoms with E-state index >= 15 is 0 Å². The van der Waals surface area contributed by atoms with Crippen molar-refractivity contribution in [1.29, 1.82) is 0 Å². The molecular weight excluding hydrogens is 242 g/mol. The van der Waals surface area contributed by atoms with Gasteiger partial charge in [0, 0.05) is 0 Å². The Morgan fingerprint density at radius 2 is 1.94 bits per heavy atom. The number of benzene rings is 1. The summed E-state index contributed by atoms with van der Waals surface area (Å²) in [6.45, 7) is 1.73. The molecule has 0 heterocycles. The minimum absolute atomic E-state index is 0.359. The summed E-state index contributed by atoms with van der Waals surface area (Å²) in [6, 6.07) is 8.39. The van der Waals surface area contributed by atoms with Gasteiger partial charge < -0.3 is 4.74 Å². The van der Waals surface area contributed by atoms with Gasteiger partial charge in [-0.1, -0.05) is 25.1 Å². The molecule has 0 aliphatic heterocycles. The van der Waals surface area contributed by atoms with Crippen molar-refractivity contribution in [2.24, 2.45) is 5.14 Å². The van der Waals surface area contributed by atoms with Crippen molar-refractivity contribution in [3.8, 4) is 0 Å². The number of rotatable bonds is 5. The summed E-state index contributed by atoms with van der Waals surface area (Å²) >= 11 is 0. The van der Waals surface area contributed by atoms with Crippen LogP contribution in [0.15, 0.2) is 30.3 Å². The fourth-order valence-corrected chi connectivity index (χ4v) is 2.11. The SMILES string of the molecule is CCC(CS(N)(=O)=O)OC(=O)c1ccccc1. The standard InChI is InChI=1S/C11H15NO4S/c1-2-10(8-17(12,14)15)16-11(13)9-6-4-3-5-7-9/h3-7,10H,2,8H2,1H3,(H2,12,14,15). The summed E-state index contributed by atoms with van der Waals surface area (Å²) in [5.74, 6) is -0.900. The second kappa shape index (κ2) is 5.79. The van der Waals surface area contributed by atoms with Crippen LogP contribution in [0.4, 0.5) is 0 Å².